The highest BCUT2D eigenvalue weighted by Crippen LogP contribution is 2.22. The van der Waals surface area contributed by atoms with Crippen LogP contribution in [0.25, 0.3) is 0 Å². The minimum atomic E-state index is 0.671. The molecule has 1 aliphatic rings. The number of methoxy groups -OCH3 is 1. The Balaban J connectivity index is 1.56. The molecule has 3 rings (SSSR count). The number of benzene rings is 1. The molecule has 0 saturated carbocycles. The number of nitrogens with zero attached hydrogens (tertiary/aromatic N) is 5. The lowest BCUT2D eigenvalue weighted by atomic mass is 10.1. The number of rotatable bonds is 5. The highest BCUT2D eigenvalue weighted by Gasteiger charge is 2.19. The van der Waals surface area contributed by atoms with E-state index in [0.717, 1.165) is 62.2 Å². The van der Waals surface area contributed by atoms with E-state index in [-0.39, 0.29) is 0 Å². The van der Waals surface area contributed by atoms with Gasteiger partial charge >= 0.3 is 0 Å². The molecule has 1 aromatic heterocycles. The van der Waals surface area contributed by atoms with Crippen LogP contribution >= 0.6 is 0 Å². The summed E-state index contributed by atoms with van der Waals surface area (Å²) in [6, 6.07) is 7.77. The van der Waals surface area contributed by atoms with Crippen molar-refractivity contribution in [3.05, 3.63) is 41.0 Å². The minimum Gasteiger partial charge on any atom is -0.496 e. The average Bonchev–Trinajstić information content (AvgIpc) is 3.01. The zero-order chi connectivity index (χ0) is 16.9. The first kappa shape index (κ1) is 16.4. The van der Waals surface area contributed by atoms with Crippen LogP contribution in [0, 0.1) is 18.3 Å². The molecule has 1 saturated heterocycles. The maximum absolute atomic E-state index is 9.08. The Morgan fingerprint density at radius 1 is 1.21 bits per heavy atom. The lowest BCUT2D eigenvalue weighted by molar-refractivity contribution is 0.119. The van der Waals surface area contributed by atoms with Gasteiger partial charge in [0.05, 0.1) is 25.3 Å². The van der Waals surface area contributed by atoms with Crippen molar-refractivity contribution in [1.29, 1.82) is 5.26 Å². The van der Waals surface area contributed by atoms with Crippen molar-refractivity contribution in [3.63, 3.8) is 0 Å². The van der Waals surface area contributed by atoms with Gasteiger partial charge in [0, 0.05) is 38.3 Å². The van der Waals surface area contributed by atoms with Crippen LogP contribution in [0.2, 0.25) is 0 Å². The van der Waals surface area contributed by atoms with Gasteiger partial charge in [-0.3, -0.25) is 14.9 Å². The van der Waals surface area contributed by atoms with Crippen molar-refractivity contribution in [2.75, 3.05) is 33.3 Å². The van der Waals surface area contributed by atoms with Crippen LogP contribution in [0.1, 0.15) is 22.8 Å². The van der Waals surface area contributed by atoms with Gasteiger partial charge in [-0.1, -0.05) is 0 Å². The fourth-order valence-electron chi connectivity index (χ4n) is 2.98. The fraction of sp³-hybridized carbons (Fsp3) is 0.471. The molecule has 126 valence electrons. The van der Waals surface area contributed by atoms with Crippen LogP contribution in [0.5, 0.6) is 5.75 Å². The Kier molecular flexibility index (Phi) is 5.08. The monoisotopic (exact) mass is 326 g/mol. The fourth-order valence-corrected chi connectivity index (χ4v) is 2.98. The van der Waals surface area contributed by atoms with Crippen molar-refractivity contribution in [2.24, 2.45) is 0 Å². The van der Waals surface area contributed by atoms with Crippen LogP contribution in [0.3, 0.4) is 0 Å². The second-order valence-corrected chi connectivity index (χ2v) is 6.03. The highest BCUT2D eigenvalue weighted by molar-refractivity contribution is 5.42. The number of aryl methyl sites for hydroxylation is 1. The maximum Gasteiger partial charge on any atom is 0.164 e. The Morgan fingerprint density at radius 2 is 1.92 bits per heavy atom. The van der Waals surface area contributed by atoms with E-state index in [2.05, 4.69) is 31.1 Å². The number of ether oxygens (including phenoxy) is 1. The molecule has 7 heteroatoms. The van der Waals surface area contributed by atoms with Gasteiger partial charge in [0.15, 0.2) is 5.82 Å². The van der Waals surface area contributed by atoms with E-state index in [1.54, 1.807) is 13.2 Å². The molecule has 2 aromatic rings. The molecule has 0 aliphatic carbocycles. The predicted molar refractivity (Wildman–Crippen MR) is 89.4 cm³/mol. The lowest BCUT2D eigenvalue weighted by Crippen LogP contribution is -2.45. The molecule has 0 amide bonds. The van der Waals surface area contributed by atoms with Gasteiger partial charge in [0.25, 0.3) is 0 Å². The molecule has 0 spiro atoms. The molecule has 0 atom stereocenters. The van der Waals surface area contributed by atoms with Crippen LogP contribution < -0.4 is 4.74 Å². The number of hydrogen-bond donors (Lipinski definition) is 1. The summed E-state index contributed by atoms with van der Waals surface area (Å²) in [5, 5.41) is 16.2. The van der Waals surface area contributed by atoms with Crippen molar-refractivity contribution >= 4 is 0 Å². The van der Waals surface area contributed by atoms with E-state index in [1.807, 2.05) is 19.1 Å². The van der Waals surface area contributed by atoms with E-state index in [1.165, 1.54) is 0 Å². The summed E-state index contributed by atoms with van der Waals surface area (Å²) in [5.74, 6) is 2.55. The zero-order valence-corrected chi connectivity index (χ0v) is 14.1. The van der Waals surface area contributed by atoms with Crippen LogP contribution in [-0.4, -0.2) is 58.3 Å². The van der Waals surface area contributed by atoms with E-state index in [4.69, 9.17) is 10.00 Å². The molecule has 1 aliphatic heterocycles. The van der Waals surface area contributed by atoms with E-state index in [9.17, 15) is 0 Å². The number of piperazine rings is 1. The molecule has 2 heterocycles. The van der Waals surface area contributed by atoms with Gasteiger partial charge in [0.1, 0.15) is 11.6 Å². The molecular weight excluding hydrogens is 304 g/mol. The standard InChI is InChI=1S/C17H22N6O/c1-13-19-17(21-20-13)12-23-7-5-22(6-8-23)11-15-9-14(10-18)3-4-16(15)24-2/h3-4,9H,5-8,11-12H2,1-2H3,(H,19,20,21). The third-order valence-electron chi connectivity index (χ3n) is 4.28. The molecule has 0 bridgehead atoms. The molecule has 0 radical (unpaired) electrons. The Hall–Kier alpha value is -2.43. The lowest BCUT2D eigenvalue weighted by Gasteiger charge is -2.34. The van der Waals surface area contributed by atoms with Gasteiger partial charge in [0.2, 0.25) is 0 Å². The number of hydrogen-bond acceptors (Lipinski definition) is 6. The Bertz CT molecular complexity index is 727. The van der Waals surface area contributed by atoms with E-state index < -0.39 is 0 Å². The third kappa shape index (κ3) is 3.91. The van der Waals surface area contributed by atoms with Crippen molar-refractivity contribution in [1.82, 2.24) is 25.0 Å². The van der Waals surface area contributed by atoms with Crippen LogP contribution in [0.15, 0.2) is 18.2 Å². The van der Waals surface area contributed by atoms with Gasteiger partial charge in [-0.05, 0) is 25.1 Å². The Morgan fingerprint density at radius 3 is 2.50 bits per heavy atom. The van der Waals surface area contributed by atoms with Crippen molar-refractivity contribution in [2.45, 2.75) is 20.0 Å². The minimum absolute atomic E-state index is 0.671. The molecule has 1 N–H and O–H groups in total. The largest absolute Gasteiger partial charge is 0.496 e. The Labute approximate surface area is 141 Å². The predicted octanol–water partition coefficient (Wildman–Crippen LogP) is 1.31. The first-order valence-corrected chi connectivity index (χ1v) is 8.07. The zero-order valence-electron chi connectivity index (χ0n) is 14.1. The average molecular weight is 326 g/mol. The quantitative estimate of drug-likeness (QED) is 0.892. The van der Waals surface area contributed by atoms with Crippen molar-refractivity contribution in [3.8, 4) is 11.8 Å². The molecule has 1 aromatic carbocycles. The molecule has 1 fully saturated rings. The number of nitrogens with one attached hydrogen (secondary N) is 1. The second-order valence-electron chi connectivity index (χ2n) is 6.03. The first-order valence-electron chi connectivity index (χ1n) is 8.07. The highest BCUT2D eigenvalue weighted by atomic mass is 16.5. The normalized spacial score (nSPS) is 16.0. The van der Waals surface area contributed by atoms with Crippen LogP contribution in [-0.2, 0) is 13.1 Å². The SMILES string of the molecule is COc1ccc(C#N)cc1CN1CCN(Cc2n[nH]c(C)n2)CC1. The number of aromatic nitrogens is 3. The van der Waals surface area contributed by atoms with Gasteiger partial charge < -0.3 is 4.74 Å². The summed E-state index contributed by atoms with van der Waals surface area (Å²) < 4.78 is 5.42. The summed E-state index contributed by atoms with van der Waals surface area (Å²) in [6.45, 7) is 7.41. The maximum atomic E-state index is 9.08. The van der Waals surface area contributed by atoms with Gasteiger partial charge in [-0.15, -0.1) is 0 Å². The van der Waals surface area contributed by atoms with Crippen molar-refractivity contribution < 1.29 is 4.74 Å². The molecular formula is C17H22N6O. The first-order chi connectivity index (χ1) is 11.7. The van der Waals surface area contributed by atoms with E-state index in [0.29, 0.717) is 5.56 Å². The number of aromatic amines is 1. The van der Waals surface area contributed by atoms with E-state index >= 15 is 0 Å². The third-order valence-corrected chi connectivity index (χ3v) is 4.28. The number of H-pyrrole nitrogens is 1. The van der Waals surface area contributed by atoms with Gasteiger partial charge in [-0.25, -0.2) is 4.98 Å². The smallest absolute Gasteiger partial charge is 0.164 e. The molecule has 7 nitrogen and oxygen atoms in total. The summed E-state index contributed by atoms with van der Waals surface area (Å²) in [5.41, 5.74) is 1.74. The summed E-state index contributed by atoms with van der Waals surface area (Å²) >= 11 is 0. The van der Waals surface area contributed by atoms with Crippen LogP contribution in [0.4, 0.5) is 0 Å². The second kappa shape index (κ2) is 7.43. The summed E-state index contributed by atoms with van der Waals surface area (Å²) in [7, 11) is 1.67. The molecule has 0 unspecified atom stereocenters. The topological polar surface area (TPSA) is 81.1 Å². The summed E-state index contributed by atoms with van der Waals surface area (Å²) in [4.78, 5) is 9.12. The number of nitriles is 1. The summed E-state index contributed by atoms with van der Waals surface area (Å²) in [6.07, 6.45) is 0. The molecule has 24 heavy (non-hydrogen) atoms. The van der Waals surface area contributed by atoms with Gasteiger partial charge in [-0.2, -0.15) is 10.4 Å².